The van der Waals surface area contributed by atoms with Gasteiger partial charge in [-0.2, -0.15) is 0 Å². The molecule has 1 aromatic rings. The monoisotopic (exact) mass is 294 g/mol. The van der Waals surface area contributed by atoms with Crippen molar-refractivity contribution in [2.45, 2.75) is 31.0 Å². The third-order valence-corrected chi connectivity index (χ3v) is 3.56. The largest absolute Gasteiger partial charge is 0.508 e. The number of hydrogen-bond acceptors (Lipinski definition) is 5. The molecule has 21 heavy (non-hydrogen) atoms. The summed E-state index contributed by atoms with van der Waals surface area (Å²) in [5.74, 6) is -1.52. The van der Waals surface area contributed by atoms with E-state index in [0.717, 1.165) is 10.5 Å². The second-order valence-corrected chi connectivity index (χ2v) is 5.21. The molecule has 0 spiro atoms. The van der Waals surface area contributed by atoms with Gasteiger partial charge in [0.05, 0.1) is 12.1 Å². The third kappa shape index (κ3) is 3.50. The lowest BCUT2D eigenvalue weighted by Gasteiger charge is -2.24. The number of aliphatic hydroxyl groups excluding tert-OH is 1. The molecule has 0 radical (unpaired) electrons. The lowest BCUT2D eigenvalue weighted by atomic mass is 10.0. The second kappa shape index (κ2) is 6.11. The molecule has 0 aliphatic carbocycles. The van der Waals surface area contributed by atoms with E-state index < -0.39 is 30.1 Å². The maximum atomic E-state index is 12.3. The van der Waals surface area contributed by atoms with Gasteiger partial charge >= 0.3 is 5.97 Å². The highest BCUT2D eigenvalue weighted by Crippen LogP contribution is 2.20. The van der Waals surface area contributed by atoms with Crippen molar-refractivity contribution in [2.75, 3.05) is 6.54 Å². The van der Waals surface area contributed by atoms with Crippen LogP contribution in [0.3, 0.4) is 0 Å². The number of rotatable bonds is 4. The number of amides is 1. The van der Waals surface area contributed by atoms with Gasteiger partial charge in [-0.1, -0.05) is 12.1 Å². The number of benzene rings is 1. The summed E-state index contributed by atoms with van der Waals surface area (Å²) in [4.78, 5) is 24.5. The van der Waals surface area contributed by atoms with Crippen molar-refractivity contribution < 1.29 is 24.9 Å². The van der Waals surface area contributed by atoms with Gasteiger partial charge < -0.3 is 26.0 Å². The highest BCUT2D eigenvalue weighted by Gasteiger charge is 2.40. The van der Waals surface area contributed by atoms with E-state index in [1.54, 1.807) is 12.1 Å². The van der Waals surface area contributed by atoms with Crippen LogP contribution in [0.4, 0.5) is 0 Å². The van der Waals surface area contributed by atoms with Crippen LogP contribution in [0.5, 0.6) is 5.75 Å². The lowest BCUT2D eigenvalue weighted by Crippen LogP contribution is -2.49. The molecule has 7 nitrogen and oxygen atoms in total. The normalized spacial score (nSPS) is 23.0. The van der Waals surface area contributed by atoms with Gasteiger partial charge in [-0.05, 0) is 24.1 Å². The number of carboxylic acids is 1. The Morgan fingerprint density at radius 1 is 1.33 bits per heavy atom. The maximum absolute atomic E-state index is 12.3. The summed E-state index contributed by atoms with van der Waals surface area (Å²) in [6.07, 6.45) is -0.582. The van der Waals surface area contributed by atoms with Crippen LogP contribution in [-0.4, -0.2) is 56.8 Å². The number of carboxylic acid groups (broad SMARTS) is 1. The van der Waals surface area contributed by atoms with Crippen LogP contribution in [0, 0.1) is 0 Å². The summed E-state index contributed by atoms with van der Waals surface area (Å²) < 4.78 is 0. The van der Waals surface area contributed by atoms with Crippen molar-refractivity contribution in [3.05, 3.63) is 29.8 Å². The number of nitrogens with zero attached hydrogens (tertiary/aromatic N) is 1. The van der Waals surface area contributed by atoms with Crippen LogP contribution >= 0.6 is 0 Å². The molecule has 1 aliphatic rings. The Morgan fingerprint density at radius 3 is 2.52 bits per heavy atom. The lowest BCUT2D eigenvalue weighted by molar-refractivity contribution is -0.148. The van der Waals surface area contributed by atoms with Gasteiger partial charge in [0.25, 0.3) is 0 Å². The third-order valence-electron chi connectivity index (χ3n) is 3.56. The SMILES string of the molecule is N[C@@H](Cc1ccc(O)cc1)C(=O)N1CC(O)C[C@H]1C(=O)O. The number of aliphatic carboxylic acids is 1. The van der Waals surface area contributed by atoms with Crippen molar-refractivity contribution >= 4 is 11.9 Å². The molecule has 0 bridgehead atoms. The molecule has 3 atom stereocenters. The number of aromatic hydroxyl groups is 1. The van der Waals surface area contributed by atoms with E-state index in [2.05, 4.69) is 0 Å². The van der Waals surface area contributed by atoms with E-state index in [1.807, 2.05) is 0 Å². The Bertz CT molecular complexity index is 531. The minimum Gasteiger partial charge on any atom is -0.508 e. The van der Waals surface area contributed by atoms with Crippen molar-refractivity contribution in [3.63, 3.8) is 0 Å². The average Bonchev–Trinajstić information content (AvgIpc) is 2.82. The molecular weight excluding hydrogens is 276 g/mol. The fourth-order valence-corrected chi connectivity index (χ4v) is 2.48. The molecule has 1 fully saturated rings. The van der Waals surface area contributed by atoms with Crippen molar-refractivity contribution in [1.82, 2.24) is 4.90 Å². The Morgan fingerprint density at radius 2 is 1.95 bits per heavy atom. The van der Waals surface area contributed by atoms with E-state index in [1.165, 1.54) is 12.1 Å². The van der Waals surface area contributed by atoms with Gasteiger partial charge in [0.1, 0.15) is 11.8 Å². The van der Waals surface area contributed by atoms with Crippen LogP contribution < -0.4 is 5.73 Å². The maximum Gasteiger partial charge on any atom is 0.326 e. The van der Waals surface area contributed by atoms with Crippen molar-refractivity contribution in [2.24, 2.45) is 5.73 Å². The molecule has 114 valence electrons. The number of β-amino-alcohol motifs (C(OH)–C–C–N with tert-alkyl or cyclic N) is 1. The molecule has 1 saturated heterocycles. The summed E-state index contributed by atoms with van der Waals surface area (Å²) in [6.45, 7) is -0.0148. The Hall–Kier alpha value is -2.12. The van der Waals surface area contributed by atoms with E-state index in [0.29, 0.717) is 0 Å². The van der Waals surface area contributed by atoms with Gasteiger partial charge in [-0.25, -0.2) is 4.79 Å². The minimum absolute atomic E-state index is 0.0148. The number of likely N-dealkylation sites (tertiary alicyclic amines) is 1. The number of carbonyl (C=O) groups excluding carboxylic acids is 1. The highest BCUT2D eigenvalue weighted by atomic mass is 16.4. The molecular formula is C14H18N2O5. The molecule has 1 amide bonds. The predicted molar refractivity (Wildman–Crippen MR) is 73.5 cm³/mol. The summed E-state index contributed by atoms with van der Waals surface area (Å²) in [7, 11) is 0. The summed E-state index contributed by atoms with van der Waals surface area (Å²) in [5.41, 5.74) is 6.61. The van der Waals surface area contributed by atoms with E-state index in [9.17, 15) is 19.8 Å². The number of phenolic OH excluding ortho intramolecular Hbond substituents is 1. The van der Waals surface area contributed by atoms with Gasteiger partial charge in [0.15, 0.2) is 0 Å². The Kier molecular flexibility index (Phi) is 4.44. The van der Waals surface area contributed by atoms with E-state index in [-0.39, 0.29) is 25.1 Å². The molecule has 0 aromatic heterocycles. The van der Waals surface area contributed by atoms with Crippen LogP contribution in [-0.2, 0) is 16.0 Å². The van der Waals surface area contributed by atoms with Gasteiger partial charge in [0, 0.05) is 13.0 Å². The van der Waals surface area contributed by atoms with Crippen molar-refractivity contribution in [3.8, 4) is 5.75 Å². The van der Waals surface area contributed by atoms with Gasteiger partial charge in [-0.3, -0.25) is 4.79 Å². The predicted octanol–water partition coefficient (Wildman–Crippen LogP) is -0.692. The number of aliphatic hydroxyl groups is 1. The van der Waals surface area contributed by atoms with Crippen LogP contribution in [0.25, 0.3) is 0 Å². The van der Waals surface area contributed by atoms with E-state index in [4.69, 9.17) is 10.8 Å². The molecule has 1 aliphatic heterocycles. The molecule has 1 aromatic carbocycles. The number of phenols is 1. The first kappa shape index (κ1) is 15.3. The zero-order valence-electron chi connectivity index (χ0n) is 11.3. The van der Waals surface area contributed by atoms with Gasteiger partial charge in [-0.15, -0.1) is 0 Å². The first-order valence-electron chi connectivity index (χ1n) is 6.63. The summed E-state index contributed by atoms with van der Waals surface area (Å²) >= 11 is 0. The first-order valence-corrected chi connectivity index (χ1v) is 6.63. The number of hydrogen-bond donors (Lipinski definition) is 4. The zero-order chi connectivity index (χ0) is 15.6. The summed E-state index contributed by atoms with van der Waals surface area (Å²) in [5, 5.41) is 27.8. The molecule has 2 rings (SSSR count). The second-order valence-electron chi connectivity index (χ2n) is 5.21. The number of carbonyl (C=O) groups is 2. The molecule has 1 unspecified atom stereocenters. The van der Waals surface area contributed by atoms with Gasteiger partial charge in [0.2, 0.25) is 5.91 Å². The van der Waals surface area contributed by atoms with Crippen molar-refractivity contribution in [1.29, 1.82) is 0 Å². The fourth-order valence-electron chi connectivity index (χ4n) is 2.48. The molecule has 0 saturated carbocycles. The summed E-state index contributed by atoms with van der Waals surface area (Å²) in [6, 6.07) is 4.37. The fraction of sp³-hybridized carbons (Fsp3) is 0.429. The standard InChI is InChI=1S/C14H18N2O5/c15-11(5-8-1-3-9(17)4-2-8)13(19)16-7-10(18)6-12(16)14(20)21/h1-4,10-12,17-18H,5-7,15H2,(H,20,21)/t10?,11-,12-/m0/s1. The zero-order valence-corrected chi connectivity index (χ0v) is 11.3. The minimum atomic E-state index is -1.14. The van der Waals surface area contributed by atoms with E-state index >= 15 is 0 Å². The topological polar surface area (TPSA) is 124 Å². The Balaban J connectivity index is 2.04. The smallest absolute Gasteiger partial charge is 0.326 e. The first-order chi connectivity index (χ1) is 9.88. The molecule has 5 N–H and O–H groups in total. The number of nitrogens with two attached hydrogens (primary N) is 1. The van der Waals surface area contributed by atoms with Crippen LogP contribution in [0.1, 0.15) is 12.0 Å². The quantitative estimate of drug-likeness (QED) is 0.582. The highest BCUT2D eigenvalue weighted by molar-refractivity contribution is 5.87. The Labute approximate surface area is 121 Å². The van der Waals surface area contributed by atoms with Crippen LogP contribution in [0.15, 0.2) is 24.3 Å². The average molecular weight is 294 g/mol. The van der Waals surface area contributed by atoms with Crippen LogP contribution in [0.2, 0.25) is 0 Å². The molecule has 1 heterocycles. The molecule has 7 heteroatoms.